The minimum absolute atomic E-state index is 0.0190. The standard InChI is InChI=1S/C54H45N/c1-53(2)50-26-12-11-24-49(50)52-48(25-15-27-51(52)54(53,3)4)44-22-14-23-47(37-44)55(45-32-28-40(29-33-45)38-16-7-5-8-17-38)46-34-30-41(31-35-46)43-21-13-20-42(36-43)39-18-9-6-10-19-39/h5-37H,1-4H3. The molecule has 0 aliphatic heterocycles. The number of fused-ring (bicyclic) bond motifs is 3. The van der Waals surface area contributed by atoms with Crippen molar-refractivity contribution in [2.24, 2.45) is 0 Å². The van der Waals surface area contributed by atoms with E-state index < -0.39 is 0 Å². The van der Waals surface area contributed by atoms with Crippen LogP contribution in [0.1, 0.15) is 38.8 Å². The maximum absolute atomic E-state index is 2.41. The number of nitrogens with zero attached hydrogens (tertiary/aromatic N) is 1. The van der Waals surface area contributed by atoms with Crippen LogP contribution in [0.3, 0.4) is 0 Å². The maximum Gasteiger partial charge on any atom is 0.0467 e. The van der Waals surface area contributed by atoms with Crippen molar-refractivity contribution < 1.29 is 0 Å². The molecule has 9 rings (SSSR count). The topological polar surface area (TPSA) is 3.24 Å². The Kier molecular flexibility index (Phi) is 8.59. The third-order valence-electron chi connectivity index (χ3n) is 12.2. The molecular weight excluding hydrogens is 663 g/mol. The fraction of sp³-hybridized carbons (Fsp3) is 0.111. The molecule has 0 N–H and O–H groups in total. The van der Waals surface area contributed by atoms with E-state index in [1.165, 1.54) is 66.8 Å². The SMILES string of the molecule is CC1(C)c2ccccc2-c2c(-c3cccc(N(c4ccc(-c5ccccc5)cc4)c4ccc(-c5cccc(-c6ccccc6)c5)cc4)c3)cccc2C1(C)C. The highest BCUT2D eigenvalue weighted by Crippen LogP contribution is 2.56. The Morgan fingerprint density at radius 3 is 1.35 bits per heavy atom. The first-order chi connectivity index (χ1) is 26.8. The molecule has 1 nitrogen and oxygen atoms in total. The first-order valence-electron chi connectivity index (χ1n) is 19.3. The van der Waals surface area contributed by atoms with Gasteiger partial charge in [0.1, 0.15) is 0 Å². The van der Waals surface area contributed by atoms with Crippen molar-refractivity contribution in [3.63, 3.8) is 0 Å². The molecule has 0 saturated heterocycles. The predicted octanol–water partition coefficient (Wildman–Crippen LogP) is 15.1. The molecule has 55 heavy (non-hydrogen) atoms. The van der Waals surface area contributed by atoms with Crippen LogP contribution in [0.2, 0.25) is 0 Å². The monoisotopic (exact) mass is 707 g/mol. The molecule has 0 aromatic heterocycles. The minimum Gasteiger partial charge on any atom is -0.310 e. The minimum atomic E-state index is -0.0563. The van der Waals surface area contributed by atoms with Gasteiger partial charge in [-0.2, -0.15) is 0 Å². The van der Waals surface area contributed by atoms with Gasteiger partial charge in [0.15, 0.2) is 0 Å². The average molecular weight is 708 g/mol. The van der Waals surface area contributed by atoms with Crippen LogP contribution in [0.5, 0.6) is 0 Å². The highest BCUT2D eigenvalue weighted by atomic mass is 15.1. The van der Waals surface area contributed by atoms with Crippen molar-refractivity contribution >= 4 is 17.1 Å². The number of anilines is 3. The van der Waals surface area contributed by atoms with Gasteiger partial charge in [-0.1, -0.05) is 185 Å². The largest absolute Gasteiger partial charge is 0.310 e. The summed E-state index contributed by atoms with van der Waals surface area (Å²) in [4.78, 5) is 2.39. The molecule has 1 aliphatic rings. The Morgan fingerprint density at radius 1 is 0.291 bits per heavy atom. The van der Waals surface area contributed by atoms with Gasteiger partial charge in [0, 0.05) is 17.1 Å². The van der Waals surface area contributed by atoms with E-state index >= 15 is 0 Å². The summed E-state index contributed by atoms with van der Waals surface area (Å²) in [6.45, 7) is 9.61. The molecule has 0 bridgehead atoms. The first kappa shape index (κ1) is 34.3. The van der Waals surface area contributed by atoms with Gasteiger partial charge in [-0.15, -0.1) is 0 Å². The highest BCUT2D eigenvalue weighted by molar-refractivity contribution is 5.92. The van der Waals surface area contributed by atoms with Crippen LogP contribution in [0, 0.1) is 0 Å². The lowest BCUT2D eigenvalue weighted by molar-refractivity contribution is 0.299. The summed E-state index contributed by atoms with van der Waals surface area (Å²) >= 11 is 0. The molecule has 0 fully saturated rings. The normalized spacial score (nSPS) is 13.7. The molecule has 8 aromatic carbocycles. The van der Waals surface area contributed by atoms with E-state index in [1.807, 2.05) is 0 Å². The summed E-state index contributed by atoms with van der Waals surface area (Å²) in [5.74, 6) is 0. The molecule has 1 aliphatic carbocycles. The predicted molar refractivity (Wildman–Crippen MR) is 234 cm³/mol. The van der Waals surface area contributed by atoms with Gasteiger partial charge >= 0.3 is 0 Å². The summed E-state index contributed by atoms with van der Waals surface area (Å²) in [5.41, 5.74) is 18.5. The summed E-state index contributed by atoms with van der Waals surface area (Å²) in [6.07, 6.45) is 0. The van der Waals surface area contributed by atoms with Crippen molar-refractivity contribution in [2.45, 2.75) is 38.5 Å². The van der Waals surface area contributed by atoms with Gasteiger partial charge in [0.2, 0.25) is 0 Å². The second-order valence-electron chi connectivity index (χ2n) is 15.8. The Labute approximate surface area is 326 Å². The van der Waals surface area contributed by atoms with E-state index in [0.717, 1.165) is 17.1 Å². The van der Waals surface area contributed by atoms with E-state index in [4.69, 9.17) is 0 Å². The van der Waals surface area contributed by atoms with Gasteiger partial charge in [-0.05, 0) is 120 Å². The van der Waals surface area contributed by atoms with Crippen LogP contribution in [-0.2, 0) is 10.8 Å². The summed E-state index contributed by atoms with van der Waals surface area (Å²) in [6, 6.07) is 73.0. The van der Waals surface area contributed by atoms with Crippen molar-refractivity contribution in [3.05, 3.63) is 211 Å². The van der Waals surface area contributed by atoms with Gasteiger partial charge in [-0.3, -0.25) is 0 Å². The smallest absolute Gasteiger partial charge is 0.0467 e. The van der Waals surface area contributed by atoms with Crippen LogP contribution < -0.4 is 4.90 Å². The van der Waals surface area contributed by atoms with Crippen molar-refractivity contribution in [3.8, 4) is 55.6 Å². The van der Waals surface area contributed by atoms with Crippen LogP contribution in [0.15, 0.2) is 200 Å². The Balaban J connectivity index is 1.15. The zero-order chi connectivity index (χ0) is 37.6. The second-order valence-corrected chi connectivity index (χ2v) is 15.8. The summed E-state index contributed by atoms with van der Waals surface area (Å²) in [7, 11) is 0. The van der Waals surface area contributed by atoms with Crippen molar-refractivity contribution in [1.82, 2.24) is 0 Å². The summed E-state index contributed by atoms with van der Waals surface area (Å²) < 4.78 is 0. The molecule has 0 amide bonds. The fourth-order valence-electron chi connectivity index (χ4n) is 8.53. The third kappa shape index (κ3) is 6.07. The molecule has 0 radical (unpaired) electrons. The molecule has 0 saturated carbocycles. The Hall–Kier alpha value is -6.44. The van der Waals surface area contributed by atoms with E-state index in [-0.39, 0.29) is 10.8 Å². The second kappa shape index (κ2) is 13.8. The lowest BCUT2D eigenvalue weighted by Gasteiger charge is -2.48. The highest BCUT2D eigenvalue weighted by Gasteiger charge is 2.46. The van der Waals surface area contributed by atoms with Crippen molar-refractivity contribution in [1.29, 1.82) is 0 Å². The third-order valence-corrected chi connectivity index (χ3v) is 12.2. The van der Waals surface area contributed by atoms with Gasteiger partial charge in [0.05, 0.1) is 0 Å². The van der Waals surface area contributed by atoms with E-state index in [0.29, 0.717) is 0 Å². The lowest BCUT2D eigenvalue weighted by atomic mass is 9.55. The lowest BCUT2D eigenvalue weighted by Crippen LogP contribution is -2.43. The van der Waals surface area contributed by atoms with Gasteiger partial charge in [0.25, 0.3) is 0 Å². The van der Waals surface area contributed by atoms with E-state index in [9.17, 15) is 0 Å². The maximum atomic E-state index is 2.41. The zero-order valence-corrected chi connectivity index (χ0v) is 32.0. The van der Waals surface area contributed by atoms with Crippen molar-refractivity contribution in [2.75, 3.05) is 4.90 Å². The summed E-state index contributed by atoms with van der Waals surface area (Å²) in [5, 5.41) is 0. The molecule has 0 heterocycles. The van der Waals surface area contributed by atoms with Crippen LogP contribution in [0.4, 0.5) is 17.1 Å². The van der Waals surface area contributed by atoms with Gasteiger partial charge in [-0.25, -0.2) is 0 Å². The number of benzene rings is 8. The molecule has 266 valence electrons. The van der Waals surface area contributed by atoms with Gasteiger partial charge < -0.3 is 4.90 Å². The molecule has 0 atom stereocenters. The first-order valence-corrected chi connectivity index (χ1v) is 19.3. The Bertz CT molecular complexity index is 2610. The molecule has 0 spiro atoms. The zero-order valence-electron chi connectivity index (χ0n) is 32.0. The van der Waals surface area contributed by atoms with E-state index in [1.54, 1.807) is 0 Å². The fourth-order valence-corrected chi connectivity index (χ4v) is 8.53. The quantitative estimate of drug-likeness (QED) is 0.159. The molecule has 8 aromatic rings. The molecule has 0 unspecified atom stereocenters. The average Bonchev–Trinajstić information content (AvgIpc) is 3.24. The number of hydrogen-bond acceptors (Lipinski definition) is 1. The van der Waals surface area contributed by atoms with Crippen LogP contribution in [0.25, 0.3) is 55.6 Å². The van der Waals surface area contributed by atoms with Crippen LogP contribution in [-0.4, -0.2) is 0 Å². The Morgan fingerprint density at radius 2 is 0.709 bits per heavy atom. The van der Waals surface area contributed by atoms with E-state index in [2.05, 4.69) is 233 Å². The number of rotatable bonds is 7. The molecular formula is C54H45N. The number of hydrogen-bond donors (Lipinski definition) is 0. The van der Waals surface area contributed by atoms with Crippen LogP contribution >= 0.6 is 0 Å². The molecule has 1 heteroatoms.